The Balaban J connectivity index is 2.48. The second-order valence-corrected chi connectivity index (χ2v) is 5.99. The van der Waals surface area contributed by atoms with E-state index in [2.05, 4.69) is 4.98 Å². The highest BCUT2D eigenvalue weighted by Gasteiger charge is 2.24. The van der Waals surface area contributed by atoms with E-state index >= 15 is 0 Å². The Labute approximate surface area is 163 Å². The van der Waals surface area contributed by atoms with Crippen LogP contribution < -0.4 is 9.47 Å². The zero-order valence-corrected chi connectivity index (χ0v) is 16.5. The normalized spacial score (nSPS) is 10.9. The van der Waals surface area contributed by atoms with Gasteiger partial charge in [-0.2, -0.15) is 5.26 Å². The molecule has 0 saturated heterocycles. The lowest BCUT2D eigenvalue weighted by molar-refractivity contribution is 0.0525. The molecule has 0 bridgehead atoms. The predicted octanol–water partition coefficient (Wildman–Crippen LogP) is 3.62. The molecule has 1 aromatic heterocycles. The monoisotopic (exact) mass is 382 g/mol. The number of benzene rings is 1. The van der Waals surface area contributed by atoms with E-state index in [0.29, 0.717) is 33.9 Å². The van der Waals surface area contributed by atoms with E-state index in [4.69, 9.17) is 14.2 Å². The zero-order valence-electron chi connectivity index (χ0n) is 16.5. The Morgan fingerprint density at radius 1 is 1.14 bits per heavy atom. The van der Waals surface area contributed by atoms with E-state index in [1.807, 2.05) is 6.07 Å². The third-order valence-corrected chi connectivity index (χ3v) is 4.19. The van der Waals surface area contributed by atoms with Gasteiger partial charge in [-0.05, 0) is 50.1 Å². The third kappa shape index (κ3) is 4.23. The summed E-state index contributed by atoms with van der Waals surface area (Å²) in [7, 11) is 3.03. The van der Waals surface area contributed by atoms with Crippen molar-refractivity contribution in [3.8, 4) is 17.6 Å². The molecule has 1 heterocycles. The second-order valence-electron chi connectivity index (χ2n) is 5.99. The van der Waals surface area contributed by atoms with Crippen molar-refractivity contribution in [3.63, 3.8) is 0 Å². The summed E-state index contributed by atoms with van der Waals surface area (Å²) in [6, 6.07) is 6.99. The van der Waals surface area contributed by atoms with E-state index in [-0.39, 0.29) is 17.9 Å². The summed E-state index contributed by atoms with van der Waals surface area (Å²) < 4.78 is 15.5. The topological polar surface area (TPSA) is 101 Å². The van der Waals surface area contributed by atoms with Crippen LogP contribution >= 0.6 is 0 Å². The predicted molar refractivity (Wildman–Crippen MR) is 104 cm³/mol. The average molecular weight is 382 g/mol. The molecule has 0 aliphatic carbocycles. The number of Topliss-reactive ketones (excluding diaryl/α,β-unsaturated/α-hetero) is 1. The highest BCUT2D eigenvalue weighted by Crippen LogP contribution is 2.26. The SMILES string of the molecule is CCOC(=O)c1c(C)[nH]c(C(=O)/C(C#N)=C\c2cc(OC)cc(OC)c2)c1C. The van der Waals surface area contributed by atoms with E-state index in [0.717, 1.165) is 0 Å². The molecule has 0 fully saturated rings. The minimum Gasteiger partial charge on any atom is -0.497 e. The van der Waals surface area contributed by atoms with Gasteiger partial charge in [-0.25, -0.2) is 4.79 Å². The Hall–Kier alpha value is -3.53. The number of esters is 1. The van der Waals surface area contributed by atoms with Crippen LogP contribution in [0, 0.1) is 25.2 Å². The molecule has 28 heavy (non-hydrogen) atoms. The number of aromatic nitrogens is 1. The summed E-state index contributed by atoms with van der Waals surface area (Å²) >= 11 is 0. The van der Waals surface area contributed by atoms with E-state index < -0.39 is 11.8 Å². The fourth-order valence-corrected chi connectivity index (χ4v) is 2.85. The van der Waals surface area contributed by atoms with Gasteiger partial charge < -0.3 is 19.2 Å². The largest absolute Gasteiger partial charge is 0.497 e. The van der Waals surface area contributed by atoms with Gasteiger partial charge in [0.05, 0.1) is 32.1 Å². The molecular weight excluding hydrogens is 360 g/mol. The fraction of sp³-hybridized carbons (Fsp3) is 0.286. The van der Waals surface area contributed by atoms with Crippen molar-refractivity contribution < 1.29 is 23.8 Å². The minimum atomic E-state index is -0.513. The number of nitrogens with one attached hydrogen (secondary N) is 1. The van der Waals surface area contributed by atoms with E-state index in [1.165, 1.54) is 20.3 Å². The fourth-order valence-electron chi connectivity index (χ4n) is 2.85. The maximum atomic E-state index is 12.9. The number of allylic oxidation sites excluding steroid dienone is 1. The van der Waals surface area contributed by atoms with Gasteiger partial charge >= 0.3 is 5.97 Å². The van der Waals surface area contributed by atoms with Crippen molar-refractivity contribution >= 4 is 17.8 Å². The summed E-state index contributed by atoms with van der Waals surface area (Å²) in [6.07, 6.45) is 1.45. The van der Waals surface area contributed by atoms with Crippen LogP contribution in [0.1, 0.15) is 44.6 Å². The first-order valence-corrected chi connectivity index (χ1v) is 8.62. The summed E-state index contributed by atoms with van der Waals surface area (Å²) in [5.41, 5.74) is 1.95. The number of carbonyl (C=O) groups is 2. The highest BCUT2D eigenvalue weighted by molar-refractivity contribution is 6.15. The van der Waals surface area contributed by atoms with Crippen LogP contribution in [-0.2, 0) is 4.74 Å². The van der Waals surface area contributed by atoms with Crippen molar-refractivity contribution in [3.05, 3.63) is 51.9 Å². The van der Waals surface area contributed by atoms with Crippen LogP contribution in [0.2, 0.25) is 0 Å². The molecule has 1 N–H and O–H groups in total. The van der Waals surface area contributed by atoms with Crippen molar-refractivity contribution in [1.82, 2.24) is 4.98 Å². The lowest BCUT2D eigenvalue weighted by Gasteiger charge is -2.06. The first-order valence-electron chi connectivity index (χ1n) is 8.62. The number of aryl methyl sites for hydroxylation is 1. The molecule has 0 radical (unpaired) electrons. The molecule has 0 saturated carbocycles. The minimum absolute atomic E-state index is 0.0879. The number of methoxy groups -OCH3 is 2. The third-order valence-electron chi connectivity index (χ3n) is 4.19. The van der Waals surface area contributed by atoms with Crippen LogP contribution in [0.3, 0.4) is 0 Å². The Morgan fingerprint density at radius 2 is 1.75 bits per heavy atom. The number of carbonyl (C=O) groups excluding carboxylic acids is 2. The molecule has 0 aliphatic heterocycles. The van der Waals surface area contributed by atoms with E-state index in [9.17, 15) is 14.9 Å². The molecule has 0 atom stereocenters. The van der Waals surface area contributed by atoms with Crippen molar-refractivity contribution in [2.24, 2.45) is 0 Å². The van der Waals surface area contributed by atoms with Gasteiger partial charge in [0.15, 0.2) is 0 Å². The van der Waals surface area contributed by atoms with Crippen molar-refractivity contribution in [1.29, 1.82) is 5.26 Å². The maximum Gasteiger partial charge on any atom is 0.340 e. The first-order chi connectivity index (χ1) is 13.4. The number of nitriles is 1. The van der Waals surface area contributed by atoms with Crippen molar-refractivity contribution in [2.75, 3.05) is 20.8 Å². The maximum absolute atomic E-state index is 12.9. The number of aromatic amines is 1. The number of hydrogen-bond donors (Lipinski definition) is 1. The average Bonchev–Trinajstić information content (AvgIpc) is 2.99. The molecule has 0 amide bonds. The van der Waals surface area contributed by atoms with Gasteiger partial charge in [-0.15, -0.1) is 0 Å². The number of ketones is 1. The van der Waals surface area contributed by atoms with Gasteiger partial charge in [0.25, 0.3) is 0 Å². The van der Waals surface area contributed by atoms with Crippen LogP contribution in [0.15, 0.2) is 23.8 Å². The zero-order chi connectivity index (χ0) is 20.8. The smallest absolute Gasteiger partial charge is 0.340 e. The molecular formula is C21H22N2O5. The Bertz CT molecular complexity index is 957. The Kier molecular flexibility index (Phi) is 6.61. The number of ether oxygens (including phenoxy) is 3. The quantitative estimate of drug-likeness (QED) is 0.340. The molecule has 0 unspecified atom stereocenters. The molecule has 0 spiro atoms. The summed E-state index contributed by atoms with van der Waals surface area (Å²) in [5.74, 6) is 0.0481. The van der Waals surface area contributed by atoms with Gasteiger partial charge in [0.2, 0.25) is 5.78 Å². The second kappa shape index (κ2) is 8.91. The number of hydrogen-bond acceptors (Lipinski definition) is 6. The van der Waals surface area contributed by atoms with Gasteiger partial charge in [0.1, 0.15) is 23.1 Å². The highest BCUT2D eigenvalue weighted by atomic mass is 16.5. The number of H-pyrrole nitrogens is 1. The molecule has 146 valence electrons. The number of rotatable bonds is 7. The molecule has 7 nitrogen and oxygen atoms in total. The first kappa shape index (κ1) is 20.8. The summed E-state index contributed by atoms with van der Waals surface area (Å²) in [5, 5.41) is 9.53. The molecule has 2 aromatic rings. The van der Waals surface area contributed by atoms with Crippen LogP contribution in [0.5, 0.6) is 11.5 Å². The lowest BCUT2D eigenvalue weighted by Crippen LogP contribution is -2.08. The van der Waals surface area contributed by atoms with E-state index in [1.54, 1.807) is 39.0 Å². The molecule has 7 heteroatoms. The lowest BCUT2D eigenvalue weighted by atomic mass is 10.0. The van der Waals surface area contributed by atoms with Crippen LogP contribution in [0.25, 0.3) is 6.08 Å². The number of nitrogens with zero attached hydrogens (tertiary/aromatic N) is 1. The standard InChI is InChI=1S/C21H22N2O5/c1-6-28-21(25)18-12(2)19(23-13(18)3)20(24)15(11-22)7-14-8-16(26-4)10-17(9-14)27-5/h7-10,23H,6H2,1-5H3/b15-7-. The summed E-state index contributed by atoms with van der Waals surface area (Å²) in [4.78, 5) is 28.0. The Morgan fingerprint density at radius 3 is 2.25 bits per heavy atom. The molecule has 1 aromatic carbocycles. The van der Waals surface area contributed by atoms with Crippen molar-refractivity contribution in [2.45, 2.75) is 20.8 Å². The molecule has 0 aliphatic rings. The van der Waals surface area contributed by atoms with Gasteiger partial charge in [-0.1, -0.05) is 0 Å². The summed E-state index contributed by atoms with van der Waals surface area (Å²) in [6.45, 7) is 5.26. The van der Waals surface area contributed by atoms with Gasteiger partial charge in [0, 0.05) is 11.8 Å². The van der Waals surface area contributed by atoms with Crippen LogP contribution in [0.4, 0.5) is 0 Å². The van der Waals surface area contributed by atoms with Gasteiger partial charge in [-0.3, -0.25) is 4.79 Å². The van der Waals surface area contributed by atoms with Crippen LogP contribution in [-0.4, -0.2) is 37.6 Å². The molecule has 2 rings (SSSR count).